The van der Waals surface area contributed by atoms with Gasteiger partial charge in [-0.1, -0.05) is 29.3 Å². The largest absolute Gasteiger partial charge is 0.336 e. The van der Waals surface area contributed by atoms with Gasteiger partial charge in [-0.3, -0.25) is 4.79 Å². The van der Waals surface area contributed by atoms with E-state index in [1.54, 1.807) is 0 Å². The number of carbonyl (C=O) groups excluding carboxylic acids is 1. The minimum Gasteiger partial charge on any atom is -0.336 e. The zero-order valence-corrected chi connectivity index (χ0v) is 12.4. The molecule has 1 unspecified atom stereocenters. The molecule has 18 heavy (non-hydrogen) atoms. The number of piperidine rings is 1. The van der Waals surface area contributed by atoms with Crippen LogP contribution in [0, 0.1) is 0 Å². The number of amides is 1. The Morgan fingerprint density at radius 1 is 1.33 bits per heavy atom. The summed E-state index contributed by atoms with van der Waals surface area (Å²) in [6, 6.07) is 8.13. The summed E-state index contributed by atoms with van der Waals surface area (Å²) < 4.78 is 1.02. The number of rotatable bonds is 3. The molecule has 0 bridgehead atoms. The van der Waals surface area contributed by atoms with Gasteiger partial charge in [-0.25, -0.2) is 0 Å². The van der Waals surface area contributed by atoms with Crippen molar-refractivity contribution in [1.82, 2.24) is 4.90 Å². The standard InChI is InChI=1S/C15H20BrNO/c1-2-5-14-6-3-4-11-17(14)15(18)12-7-9-13(16)10-8-12/h7-10,14H,2-6,11H2,1H3. The van der Waals surface area contributed by atoms with Gasteiger partial charge in [0, 0.05) is 22.6 Å². The van der Waals surface area contributed by atoms with Gasteiger partial charge in [0.25, 0.3) is 5.91 Å². The fraction of sp³-hybridized carbons (Fsp3) is 0.533. The van der Waals surface area contributed by atoms with E-state index in [0.717, 1.165) is 42.3 Å². The minimum atomic E-state index is 0.195. The van der Waals surface area contributed by atoms with Gasteiger partial charge in [0.2, 0.25) is 0 Å². The molecule has 1 fully saturated rings. The molecule has 1 atom stereocenters. The molecule has 2 nitrogen and oxygen atoms in total. The number of likely N-dealkylation sites (tertiary alicyclic amines) is 1. The average Bonchev–Trinajstić information content (AvgIpc) is 2.40. The van der Waals surface area contributed by atoms with Crippen LogP contribution in [0.2, 0.25) is 0 Å². The molecular weight excluding hydrogens is 290 g/mol. The monoisotopic (exact) mass is 309 g/mol. The SMILES string of the molecule is CCCC1CCCCN1C(=O)c1ccc(Br)cc1. The predicted molar refractivity (Wildman–Crippen MR) is 77.7 cm³/mol. The van der Waals surface area contributed by atoms with E-state index in [-0.39, 0.29) is 5.91 Å². The molecule has 1 aromatic rings. The zero-order valence-electron chi connectivity index (χ0n) is 10.9. The number of benzene rings is 1. The first-order chi connectivity index (χ1) is 8.72. The Labute approximate surface area is 117 Å². The second kappa shape index (κ2) is 6.37. The van der Waals surface area contributed by atoms with Gasteiger partial charge < -0.3 is 4.90 Å². The number of hydrogen-bond donors (Lipinski definition) is 0. The summed E-state index contributed by atoms with van der Waals surface area (Å²) in [6.45, 7) is 3.11. The second-order valence-corrected chi connectivity index (χ2v) is 5.86. The Kier molecular flexibility index (Phi) is 4.81. The Bertz CT molecular complexity index is 399. The van der Waals surface area contributed by atoms with Crippen LogP contribution in [0.3, 0.4) is 0 Å². The van der Waals surface area contributed by atoms with Gasteiger partial charge in [0.05, 0.1) is 0 Å². The van der Waals surface area contributed by atoms with Crippen LogP contribution in [0.1, 0.15) is 49.4 Å². The summed E-state index contributed by atoms with van der Waals surface area (Å²) in [4.78, 5) is 14.6. The van der Waals surface area contributed by atoms with Gasteiger partial charge in [-0.05, 0) is 49.9 Å². The Morgan fingerprint density at radius 2 is 2.06 bits per heavy atom. The van der Waals surface area contributed by atoms with Crippen LogP contribution in [0.5, 0.6) is 0 Å². The van der Waals surface area contributed by atoms with E-state index in [4.69, 9.17) is 0 Å². The fourth-order valence-corrected chi connectivity index (χ4v) is 2.92. The molecule has 1 amide bonds. The van der Waals surface area contributed by atoms with E-state index in [1.165, 1.54) is 6.42 Å². The van der Waals surface area contributed by atoms with E-state index in [9.17, 15) is 4.79 Å². The van der Waals surface area contributed by atoms with Crippen molar-refractivity contribution >= 4 is 21.8 Å². The number of hydrogen-bond acceptors (Lipinski definition) is 1. The molecule has 0 spiro atoms. The Balaban J connectivity index is 2.12. The molecule has 1 aliphatic heterocycles. The van der Waals surface area contributed by atoms with Crippen LogP contribution >= 0.6 is 15.9 Å². The first kappa shape index (κ1) is 13.6. The van der Waals surface area contributed by atoms with Crippen molar-refractivity contribution in [3.8, 4) is 0 Å². The van der Waals surface area contributed by atoms with Crippen molar-refractivity contribution in [2.24, 2.45) is 0 Å². The first-order valence-corrected chi connectivity index (χ1v) is 7.58. The van der Waals surface area contributed by atoms with Crippen LogP contribution in [0.15, 0.2) is 28.7 Å². The predicted octanol–water partition coefficient (Wildman–Crippen LogP) is 4.24. The molecular formula is C15H20BrNO. The maximum Gasteiger partial charge on any atom is 0.254 e. The highest BCUT2D eigenvalue weighted by Gasteiger charge is 2.26. The molecule has 1 aliphatic rings. The van der Waals surface area contributed by atoms with E-state index in [0.29, 0.717) is 6.04 Å². The highest BCUT2D eigenvalue weighted by Crippen LogP contribution is 2.23. The molecule has 0 N–H and O–H groups in total. The highest BCUT2D eigenvalue weighted by atomic mass is 79.9. The van der Waals surface area contributed by atoms with Gasteiger partial charge in [-0.15, -0.1) is 0 Å². The normalized spacial score (nSPS) is 19.9. The molecule has 1 aromatic carbocycles. The number of nitrogens with zero attached hydrogens (tertiary/aromatic N) is 1. The summed E-state index contributed by atoms with van der Waals surface area (Å²) >= 11 is 3.40. The topological polar surface area (TPSA) is 20.3 Å². The molecule has 0 saturated carbocycles. The minimum absolute atomic E-state index is 0.195. The summed E-state index contributed by atoms with van der Waals surface area (Å²) in [6.07, 6.45) is 5.84. The smallest absolute Gasteiger partial charge is 0.254 e. The summed E-state index contributed by atoms with van der Waals surface area (Å²) in [5.74, 6) is 0.195. The third kappa shape index (κ3) is 3.14. The van der Waals surface area contributed by atoms with E-state index >= 15 is 0 Å². The second-order valence-electron chi connectivity index (χ2n) is 4.94. The lowest BCUT2D eigenvalue weighted by Gasteiger charge is -2.35. The number of carbonyl (C=O) groups is 1. The lowest BCUT2D eigenvalue weighted by molar-refractivity contribution is 0.0600. The molecule has 1 saturated heterocycles. The molecule has 98 valence electrons. The van der Waals surface area contributed by atoms with Crippen molar-refractivity contribution in [3.05, 3.63) is 34.3 Å². The number of halogens is 1. The van der Waals surface area contributed by atoms with E-state index < -0.39 is 0 Å². The lowest BCUT2D eigenvalue weighted by atomic mass is 9.97. The van der Waals surface area contributed by atoms with Crippen LogP contribution in [0.4, 0.5) is 0 Å². The molecule has 2 rings (SSSR count). The molecule has 1 heterocycles. The van der Waals surface area contributed by atoms with Gasteiger partial charge >= 0.3 is 0 Å². The van der Waals surface area contributed by atoms with Crippen molar-refractivity contribution in [1.29, 1.82) is 0 Å². The maximum atomic E-state index is 12.5. The summed E-state index contributed by atoms with van der Waals surface area (Å²) in [5.41, 5.74) is 0.807. The van der Waals surface area contributed by atoms with E-state index in [2.05, 4.69) is 27.8 Å². The quantitative estimate of drug-likeness (QED) is 0.817. The van der Waals surface area contributed by atoms with Crippen LogP contribution < -0.4 is 0 Å². The molecule has 0 aromatic heterocycles. The van der Waals surface area contributed by atoms with Crippen LogP contribution in [-0.4, -0.2) is 23.4 Å². The zero-order chi connectivity index (χ0) is 13.0. The highest BCUT2D eigenvalue weighted by molar-refractivity contribution is 9.10. The summed E-state index contributed by atoms with van der Waals surface area (Å²) in [7, 11) is 0. The van der Waals surface area contributed by atoms with Crippen LogP contribution in [-0.2, 0) is 0 Å². The van der Waals surface area contributed by atoms with E-state index in [1.807, 2.05) is 24.3 Å². The Morgan fingerprint density at radius 3 is 2.72 bits per heavy atom. The van der Waals surface area contributed by atoms with Gasteiger partial charge in [0.1, 0.15) is 0 Å². The molecule has 0 aliphatic carbocycles. The van der Waals surface area contributed by atoms with Crippen molar-refractivity contribution in [3.63, 3.8) is 0 Å². The van der Waals surface area contributed by atoms with Crippen molar-refractivity contribution in [2.45, 2.75) is 45.1 Å². The third-order valence-corrected chi connectivity index (χ3v) is 4.13. The lowest BCUT2D eigenvalue weighted by Crippen LogP contribution is -2.43. The maximum absolute atomic E-state index is 12.5. The third-order valence-electron chi connectivity index (χ3n) is 3.60. The summed E-state index contributed by atoms with van der Waals surface area (Å²) in [5, 5.41) is 0. The van der Waals surface area contributed by atoms with Crippen molar-refractivity contribution < 1.29 is 4.79 Å². The van der Waals surface area contributed by atoms with Crippen LogP contribution in [0.25, 0.3) is 0 Å². The average molecular weight is 310 g/mol. The van der Waals surface area contributed by atoms with Gasteiger partial charge in [0.15, 0.2) is 0 Å². The molecule has 3 heteroatoms. The Hall–Kier alpha value is -0.830. The fourth-order valence-electron chi connectivity index (χ4n) is 2.66. The van der Waals surface area contributed by atoms with Gasteiger partial charge in [-0.2, -0.15) is 0 Å². The first-order valence-electron chi connectivity index (χ1n) is 6.79. The van der Waals surface area contributed by atoms with Crippen molar-refractivity contribution in [2.75, 3.05) is 6.54 Å². The molecule has 0 radical (unpaired) electrons.